The molecular formula is C30H31NO6. The van der Waals surface area contributed by atoms with Crippen LogP contribution in [0.4, 0.5) is 5.69 Å². The maximum atomic E-state index is 13.5. The minimum Gasteiger partial charge on any atom is -0.508 e. The Kier molecular flexibility index (Phi) is 6.99. The number of hydrogen-bond donors (Lipinski definition) is 2. The molecule has 1 aliphatic heterocycles. The van der Waals surface area contributed by atoms with Crippen molar-refractivity contribution in [3.8, 4) is 17.2 Å². The van der Waals surface area contributed by atoms with Crippen LogP contribution >= 0.6 is 0 Å². The summed E-state index contributed by atoms with van der Waals surface area (Å²) in [5.74, 6) is -0.733. The van der Waals surface area contributed by atoms with Crippen molar-refractivity contribution in [3.63, 3.8) is 0 Å². The van der Waals surface area contributed by atoms with E-state index in [0.29, 0.717) is 34.9 Å². The summed E-state index contributed by atoms with van der Waals surface area (Å²) in [5, 5.41) is 21.7. The summed E-state index contributed by atoms with van der Waals surface area (Å²) in [6, 6.07) is 17.4. The van der Waals surface area contributed by atoms with Gasteiger partial charge in [-0.15, -0.1) is 0 Å². The number of ether oxygens (including phenoxy) is 2. The van der Waals surface area contributed by atoms with Crippen LogP contribution in [0.3, 0.4) is 0 Å². The van der Waals surface area contributed by atoms with Gasteiger partial charge in [0.05, 0.1) is 25.3 Å². The highest BCUT2D eigenvalue weighted by Crippen LogP contribution is 2.44. The molecule has 0 spiro atoms. The number of ketones is 1. The number of hydrogen-bond acceptors (Lipinski definition) is 6. The summed E-state index contributed by atoms with van der Waals surface area (Å²) < 4.78 is 11.1. The molecule has 1 atom stereocenters. The van der Waals surface area contributed by atoms with Crippen molar-refractivity contribution < 1.29 is 29.3 Å². The third kappa shape index (κ3) is 4.89. The molecule has 3 aromatic carbocycles. The van der Waals surface area contributed by atoms with E-state index < -0.39 is 17.7 Å². The molecule has 4 rings (SSSR count). The molecule has 1 aliphatic rings. The molecule has 3 aromatic rings. The molecular weight excluding hydrogens is 470 g/mol. The van der Waals surface area contributed by atoms with Gasteiger partial charge in [0.25, 0.3) is 11.7 Å². The SMILES string of the molecule is CCOc1ccc(/C(O)=C2/C(=O)C(=O)N(c3cccc(OC)c3)C2c2cccc(O)c2)cc1C(C)(C)C. The quantitative estimate of drug-likeness (QED) is 0.255. The third-order valence-corrected chi connectivity index (χ3v) is 6.32. The molecule has 1 unspecified atom stereocenters. The fraction of sp³-hybridized carbons (Fsp3) is 0.267. The average Bonchev–Trinajstić information content (AvgIpc) is 3.13. The second kappa shape index (κ2) is 10.0. The van der Waals surface area contributed by atoms with Crippen LogP contribution in [0, 0.1) is 0 Å². The molecule has 0 radical (unpaired) electrons. The van der Waals surface area contributed by atoms with E-state index in [0.717, 1.165) is 5.56 Å². The highest BCUT2D eigenvalue weighted by molar-refractivity contribution is 6.51. The molecule has 7 nitrogen and oxygen atoms in total. The smallest absolute Gasteiger partial charge is 0.300 e. The van der Waals surface area contributed by atoms with Crippen molar-refractivity contribution in [2.45, 2.75) is 39.2 Å². The number of aromatic hydroxyl groups is 1. The van der Waals surface area contributed by atoms with Crippen LogP contribution in [0.25, 0.3) is 5.76 Å². The molecule has 0 aromatic heterocycles. The Labute approximate surface area is 216 Å². The number of carbonyl (C=O) groups excluding carboxylic acids is 2. The maximum absolute atomic E-state index is 13.5. The number of carbonyl (C=O) groups is 2. The van der Waals surface area contributed by atoms with Gasteiger partial charge in [0.1, 0.15) is 23.0 Å². The van der Waals surface area contributed by atoms with E-state index in [4.69, 9.17) is 9.47 Å². The number of Topliss-reactive ketones (excluding diaryl/α,β-unsaturated/α-hetero) is 1. The molecule has 1 heterocycles. The van der Waals surface area contributed by atoms with Gasteiger partial charge in [-0.05, 0) is 60.4 Å². The van der Waals surface area contributed by atoms with Crippen LogP contribution in [0.5, 0.6) is 17.2 Å². The monoisotopic (exact) mass is 501 g/mol. The summed E-state index contributed by atoms with van der Waals surface area (Å²) in [6.45, 7) is 8.47. The number of phenols is 1. The standard InChI is InChI=1S/C30H31NO6/c1-6-37-24-14-13-19(16-23(24)30(2,3)4)27(33)25-26(18-9-7-11-21(32)15-18)31(29(35)28(25)34)20-10-8-12-22(17-20)36-5/h7-17,26,32-33H,6H2,1-5H3/b27-25-. The first-order chi connectivity index (χ1) is 17.6. The number of methoxy groups -OCH3 is 1. The number of aliphatic hydroxyl groups excluding tert-OH is 1. The molecule has 1 saturated heterocycles. The number of benzene rings is 3. The number of nitrogens with zero attached hydrogens (tertiary/aromatic N) is 1. The van der Waals surface area contributed by atoms with E-state index in [1.807, 2.05) is 27.7 Å². The fourth-order valence-electron chi connectivity index (χ4n) is 4.57. The lowest BCUT2D eigenvalue weighted by Gasteiger charge is -2.26. The van der Waals surface area contributed by atoms with E-state index in [2.05, 4.69) is 0 Å². The molecule has 37 heavy (non-hydrogen) atoms. The molecule has 7 heteroatoms. The Bertz CT molecular complexity index is 1380. The minimum atomic E-state index is -0.969. The van der Waals surface area contributed by atoms with Crippen LogP contribution in [0.2, 0.25) is 0 Å². The van der Waals surface area contributed by atoms with Crippen molar-refractivity contribution in [3.05, 3.63) is 89.0 Å². The summed E-state index contributed by atoms with van der Waals surface area (Å²) in [4.78, 5) is 28.2. The van der Waals surface area contributed by atoms with Crippen molar-refractivity contribution in [1.82, 2.24) is 0 Å². The maximum Gasteiger partial charge on any atom is 0.300 e. The Morgan fingerprint density at radius 2 is 1.73 bits per heavy atom. The predicted molar refractivity (Wildman–Crippen MR) is 142 cm³/mol. The zero-order valence-electron chi connectivity index (χ0n) is 21.6. The number of phenolic OH excluding ortho intramolecular Hbond substituents is 1. The second-order valence-electron chi connectivity index (χ2n) is 9.86. The Morgan fingerprint density at radius 1 is 1.00 bits per heavy atom. The summed E-state index contributed by atoms with van der Waals surface area (Å²) in [6.07, 6.45) is 0. The van der Waals surface area contributed by atoms with E-state index >= 15 is 0 Å². The van der Waals surface area contributed by atoms with Crippen LogP contribution in [-0.2, 0) is 15.0 Å². The highest BCUT2D eigenvalue weighted by atomic mass is 16.5. The Balaban J connectivity index is 1.96. The van der Waals surface area contributed by atoms with Crippen molar-refractivity contribution >= 4 is 23.1 Å². The lowest BCUT2D eigenvalue weighted by Crippen LogP contribution is -2.29. The van der Waals surface area contributed by atoms with Crippen molar-refractivity contribution in [2.75, 3.05) is 18.6 Å². The minimum absolute atomic E-state index is 0.0233. The third-order valence-electron chi connectivity index (χ3n) is 6.32. The van der Waals surface area contributed by atoms with Gasteiger partial charge in [0.15, 0.2) is 0 Å². The van der Waals surface area contributed by atoms with E-state index in [1.54, 1.807) is 54.6 Å². The van der Waals surface area contributed by atoms with Gasteiger partial charge >= 0.3 is 0 Å². The lowest BCUT2D eigenvalue weighted by atomic mass is 9.84. The summed E-state index contributed by atoms with van der Waals surface area (Å²) in [5.41, 5.74) is 1.78. The first-order valence-electron chi connectivity index (χ1n) is 12.1. The van der Waals surface area contributed by atoms with Gasteiger partial charge in [-0.25, -0.2) is 0 Å². The van der Waals surface area contributed by atoms with Gasteiger partial charge < -0.3 is 19.7 Å². The molecule has 0 aliphatic carbocycles. The summed E-state index contributed by atoms with van der Waals surface area (Å²) >= 11 is 0. The number of aliphatic hydroxyl groups is 1. The molecule has 0 bridgehead atoms. The zero-order valence-corrected chi connectivity index (χ0v) is 21.6. The average molecular weight is 502 g/mol. The van der Waals surface area contributed by atoms with Crippen LogP contribution in [-0.4, -0.2) is 35.6 Å². The van der Waals surface area contributed by atoms with Gasteiger partial charge in [0.2, 0.25) is 0 Å². The van der Waals surface area contributed by atoms with Crippen LogP contribution in [0.15, 0.2) is 72.3 Å². The summed E-state index contributed by atoms with van der Waals surface area (Å²) in [7, 11) is 1.51. The highest BCUT2D eigenvalue weighted by Gasteiger charge is 2.47. The van der Waals surface area contributed by atoms with Crippen LogP contribution < -0.4 is 14.4 Å². The van der Waals surface area contributed by atoms with Gasteiger partial charge in [-0.2, -0.15) is 0 Å². The van der Waals surface area contributed by atoms with E-state index in [1.165, 1.54) is 24.1 Å². The fourth-order valence-corrected chi connectivity index (χ4v) is 4.57. The zero-order chi connectivity index (χ0) is 26.9. The topological polar surface area (TPSA) is 96.3 Å². The first kappa shape index (κ1) is 25.8. The Morgan fingerprint density at radius 3 is 2.38 bits per heavy atom. The van der Waals surface area contributed by atoms with Gasteiger partial charge in [0, 0.05) is 22.9 Å². The largest absolute Gasteiger partial charge is 0.508 e. The molecule has 0 saturated carbocycles. The molecule has 2 N–H and O–H groups in total. The first-order valence-corrected chi connectivity index (χ1v) is 12.1. The van der Waals surface area contributed by atoms with Crippen LogP contribution in [0.1, 0.15) is 50.4 Å². The van der Waals surface area contributed by atoms with Gasteiger partial charge in [-0.3, -0.25) is 14.5 Å². The molecule has 1 amide bonds. The molecule has 192 valence electrons. The molecule has 1 fully saturated rings. The lowest BCUT2D eigenvalue weighted by molar-refractivity contribution is -0.132. The number of amides is 1. The second-order valence-corrected chi connectivity index (χ2v) is 9.86. The van der Waals surface area contributed by atoms with Crippen molar-refractivity contribution in [2.24, 2.45) is 0 Å². The van der Waals surface area contributed by atoms with E-state index in [-0.39, 0.29) is 22.5 Å². The number of rotatable bonds is 6. The Hall–Kier alpha value is -4.26. The number of anilines is 1. The van der Waals surface area contributed by atoms with Gasteiger partial charge in [-0.1, -0.05) is 39.0 Å². The van der Waals surface area contributed by atoms with Crippen molar-refractivity contribution in [1.29, 1.82) is 0 Å². The van der Waals surface area contributed by atoms with E-state index in [9.17, 15) is 19.8 Å². The normalized spacial score (nSPS) is 17.2. The predicted octanol–water partition coefficient (Wildman–Crippen LogP) is 5.72.